The van der Waals surface area contributed by atoms with Crippen LogP contribution in [0, 0.1) is 10.1 Å². The maximum absolute atomic E-state index is 11.8. The molecule has 0 heterocycles. The van der Waals surface area contributed by atoms with Gasteiger partial charge in [0.2, 0.25) is 0 Å². The predicted molar refractivity (Wildman–Crippen MR) is 79.1 cm³/mol. The van der Waals surface area contributed by atoms with Crippen LogP contribution >= 0.6 is 0 Å². The summed E-state index contributed by atoms with van der Waals surface area (Å²) in [6, 6.07) is 10.6. The Hall–Kier alpha value is -3.42. The Morgan fingerprint density at radius 2 is 1.64 bits per heavy atom. The first-order valence-electron chi connectivity index (χ1n) is 6.12. The Morgan fingerprint density at radius 3 is 2.23 bits per heavy atom. The third-order valence-corrected chi connectivity index (χ3v) is 2.74. The fraction of sp³-hybridized carbons (Fsp3) is 0. The van der Waals surface area contributed by atoms with Gasteiger partial charge in [-0.1, -0.05) is 12.1 Å². The molecule has 2 aromatic rings. The number of nitro groups is 1. The van der Waals surface area contributed by atoms with Crippen molar-refractivity contribution < 1.29 is 19.6 Å². The molecule has 8 nitrogen and oxygen atoms in total. The van der Waals surface area contributed by atoms with E-state index >= 15 is 0 Å². The van der Waals surface area contributed by atoms with Crippen molar-refractivity contribution in [3.05, 3.63) is 64.2 Å². The highest BCUT2D eigenvalue weighted by molar-refractivity contribution is 6.04. The molecular weight excluding hydrogens is 290 g/mol. The molecule has 0 aliphatic carbocycles. The third kappa shape index (κ3) is 3.57. The molecular formula is C14H11N3O5. The average Bonchev–Trinajstić information content (AvgIpc) is 2.48. The largest absolute Gasteiger partial charge is 0.478 e. The molecule has 22 heavy (non-hydrogen) atoms. The third-order valence-electron chi connectivity index (χ3n) is 2.74. The molecule has 0 unspecified atom stereocenters. The Kier molecular flexibility index (Phi) is 4.33. The van der Waals surface area contributed by atoms with Gasteiger partial charge in [0.25, 0.3) is 5.69 Å². The summed E-state index contributed by atoms with van der Waals surface area (Å²) < 4.78 is 0. The molecule has 0 spiro atoms. The van der Waals surface area contributed by atoms with Gasteiger partial charge >= 0.3 is 12.0 Å². The van der Waals surface area contributed by atoms with E-state index in [9.17, 15) is 19.7 Å². The number of urea groups is 1. The van der Waals surface area contributed by atoms with E-state index in [1.54, 1.807) is 12.1 Å². The van der Waals surface area contributed by atoms with Crippen molar-refractivity contribution in [3.63, 3.8) is 0 Å². The van der Waals surface area contributed by atoms with E-state index in [0.29, 0.717) is 5.69 Å². The minimum atomic E-state index is -1.16. The number of aromatic carboxylic acids is 1. The van der Waals surface area contributed by atoms with Crippen LogP contribution in [0.25, 0.3) is 0 Å². The van der Waals surface area contributed by atoms with E-state index in [-0.39, 0.29) is 16.9 Å². The van der Waals surface area contributed by atoms with Crippen LogP contribution in [0.15, 0.2) is 48.5 Å². The SMILES string of the molecule is O=C(Nc1ccc([N+](=O)[O-])cc1)Nc1ccccc1C(=O)O. The van der Waals surface area contributed by atoms with Crippen molar-refractivity contribution in [1.82, 2.24) is 0 Å². The zero-order valence-corrected chi connectivity index (χ0v) is 11.1. The van der Waals surface area contributed by atoms with Gasteiger partial charge in [0.1, 0.15) is 0 Å². The molecule has 8 heteroatoms. The number of nitrogens with one attached hydrogen (secondary N) is 2. The van der Waals surface area contributed by atoms with Crippen molar-refractivity contribution >= 4 is 29.1 Å². The van der Waals surface area contributed by atoms with Gasteiger partial charge in [-0.25, -0.2) is 9.59 Å². The number of benzene rings is 2. The molecule has 2 amide bonds. The molecule has 0 bridgehead atoms. The molecule has 0 atom stereocenters. The molecule has 112 valence electrons. The van der Waals surface area contributed by atoms with Crippen LogP contribution in [-0.4, -0.2) is 22.0 Å². The number of carboxylic acid groups (broad SMARTS) is 1. The van der Waals surface area contributed by atoms with E-state index in [4.69, 9.17) is 5.11 Å². The van der Waals surface area contributed by atoms with Crippen LogP contribution in [0.5, 0.6) is 0 Å². The zero-order valence-electron chi connectivity index (χ0n) is 11.1. The number of hydrogen-bond acceptors (Lipinski definition) is 4. The Bertz CT molecular complexity index is 728. The second-order valence-electron chi connectivity index (χ2n) is 4.23. The number of nitro benzene ring substituents is 1. The molecule has 0 aliphatic heterocycles. The fourth-order valence-corrected chi connectivity index (χ4v) is 1.73. The number of hydrogen-bond donors (Lipinski definition) is 3. The quantitative estimate of drug-likeness (QED) is 0.592. The van der Waals surface area contributed by atoms with Gasteiger partial charge in [-0.05, 0) is 24.3 Å². The van der Waals surface area contributed by atoms with Crippen molar-refractivity contribution in [3.8, 4) is 0 Å². The lowest BCUT2D eigenvalue weighted by molar-refractivity contribution is -0.384. The fourth-order valence-electron chi connectivity index (χ4n) is 1.73. The van der Waals surface area contributed by atoms with Gasteiger partial charge in [0.05, 0.1) is 16.2 Å². The minimum Gasteiger partial charge on any atom is -0.478 e. The van der Waals surface area contributed by atoms with E-state index in [1.807, 2.05) is 0 Å². The first-order valence-corrected chi connectivity index (χ1v) is 6.12. The first-order chi connectivity index (χ1) is 10.5. The summed E-state index contributed by atoms with van der Waals surface area (Å²) in [5, 5.41) is 24.4. The molecule has 2 rings (SSSR count). The summed E-state index contributed by atoms with van der Waals surface area (Å²) in [4.78, 5) is 32.8. The Morgan fingerprint density at radius 1 is 1.00 bits per heavy atom. The van der Waals surface area contributed by atoms with Crippen LogP contribution in [0.3, 0.4) is 0 Å². The normalized spacial score (nSPS) is 9.82. The number of nitrogens with zero attached hydrogens (tertiary/aromatic N) is 1. The Balaban J connectivity index is 2.07. The maximum Gasteiger partial charge on any atom is 0.337 e. The maximum atomic E-state index is 11.8. The molecule has 0 aliphatic rings. The second-order valence-corrected chi connectivity index (χ2v) is 4.23. The average molecular weight is 301 g/mol. The van der Waals surface area contributed by atoms with Gasteiger partial charge in [0.15, 0.2) is 0 Å². The van der Waals surface area contributed by atoms with Crippen molar-refractivity contribution in [2.45, 2.75) is 0 Å². The summed E-state index contributed by atoms with van der Waals surface area (Å²) in [5.41, 5.74) is 0.355. The number of carbonyl (C=O) groups excluding carboxylic acids is 1. The smallest absolute Gasteiger partial charge is 0.337 e. The number of amides is 2. The van der Waals surface area contributed by atoms with Gasteiger partial charge in [-0.3, -0.25) is 10.1 Å². The number of anilines is 2. The summed E-state index contributed by atoms with van der Waals surface area (Å²) in [6.07, 6.45) is 0. The van der Waals surface area contributed by atoms with Crippen molar-refractivity contribution in [1.29, 1.82) is 0 Å². The lowest BCUT2D eigenvalue weighted by atomic mass is 10.2. The molecule has 0 fully saturated rings. The topological polar surface area (TPSA) is 122 Å². The van der Waals surface area contributed by atoms with E-state index in [1.165, 1.54) is 36.4 Å². The first kappa shape index (κ1) is 15.0. The highest BCUT2D eigenvalue weighted by Crippen LogP contribution is 2.17. The lowest BCUT2D eigenvalue weighted by Gasteiger charge is -2.09. The summed E-state index contributed by atoms with van der Waals surface area (Å²) in [7, 11) is 0. The summed E-state index contributed by atoms with van der Waals surface area (Å²) in [5.74, 6) is -1.16. The second kappa shape index (κ2) is 6.35. The number of carbonyl (C=O) groups is 2. The molecule has 2 aromatic carbocycles. The number of para-hydroxylation sites is 1. The van der Waals surface area contributed by atoms with Crippen molar-refractivity contribution in [2.75, 3.05) is 10.6 Å². The van der Waals surface area contributed by atoms with Crippen LogP contribution in [-0.2, 0) is 0 Å². The molecule has 0 radical (unpaired) electrons. The molecule has 0 saturated carbocycles. The minimum absolute atomic E-state index is 0.0404. The van der Waals surface area contributed by atoms with Gasteiger partial charge in [-0.2, -0.15) is 0 Å². The van der Waals surface area contributed by atoms with Gasteiger partial charge in [-0.15, -0.1) is 0 Å². The van der Waals surface area contributed by atoms with Gasteiger partial charge < -0.3 is 15.7 Å². The number of carboxylic acids is 1. The van der Waals surface area contributed by atoms with Crippen LogP contribution < -0.4 is 10.6 Å². The van der Waals surface area contributed by atoms with Crippen molar-refractivity contribution in [2.24, 2.45) is 0 Å². The number of rotatable bonds is 4. The lowest BCUT2D eigenvalue weighted by Crippen LogP contribution is -2.20. The predicted octanol–water partition coefficient (Wildman–Crippen LogP) is 2.94. The standard InChI is InChI=1S/C14H11N3O5/c18-13(19)11-3-1-2-4-12(11)16-14(20)15-9-5-7-10(8-6-9)17(21)22/h1-8H,(H,18,19)(H2,15,16,20). The zero-order chi connectivity index (χ0) is 16.1. The molecule has 0 saturated heterocycles. The van der Waals surface area contributed by atoms with E-state index in [0.717, 1.165) is 0 Å². The highest BCUT2D eigenvalue weighted by atomic mass is 16.6. The van der Waals surface area contributed by atoms with Crippen LogP contribution in [0.4, 0.5) is 21.9 Å². The monoisotopic (exact) mass is 301 g/mol. The highest BCUT2D eigenvalue weighted by Gasteiger charge is 2.12. The van der Waals surface area contributed by atoms with Gasteiger partial charge in [0, 0.05) is 17.8 Å². The summed E-state index contributed by atoms with van der Waals surface area (Å²) >= 11 is 0. The van der Waals surface area contributed by atoms with E-state index in [2.05, 4.69) is 10.6 Å². The Labute approximate surface area is 124 Å². The molecule has 0 aromatic heterocycles. The van der Waals surface area contributed by atoms with E-state index < -0.39 is 16.9 Å². The number of non-ortho nitro benzene ring substituents is 1. The molecule has 3 N–H and O–H groups in total. The van der Waals surface area contributed by atoms with Crippen LogP contribution in [0.2, 0.25) is 0 Å². The summed E-state index contributed by atoms with van der Waals surface area (Å²) in [6.45, 7) is 0. The van der Waals surface area contributed by atoms with Crippen LogP contribution in [0.1, 0.15) is 10.4 Å².